The number of anilines is 1. The highest BCUT2D eigenvalue weighted by Gasteiger charge is 2.35. The van der Waals surface area contributed by atoms with Crippen LogP contribution in [-0.2, 0) is 4.74 Å². The minimum atomic E-state index is -0.631. The molecule has 0 aliphatic carbocycles. The van der Waals surface area contributed by atoms with Crippen LogP contribution < -0.4 is 16.0 Å². The molecule has 1 aromatic heterocycles. The van der Waals surface area contributed by atoms with Crippen LogP contribution in [0.1, 0.15) is 41.6 Å². The van der Waals surface area contributed by atoms with Gasteiger partial charge in [0.1, 0.15) is 17.5 Å². The molecule has 5 rings (SSSR count). The fourth-order valence-corrected chi connectivity index (χ4v) is 5.54. The molecule has 0 radical (unpaired) electrons. The standard InChI is InChI=1S/C28H34F2N6O2/c1-18-26(24-9-6-10-31-24)34-36(22-7-4-3-5-8-22)27(18)33-28(37)32-25-17-35(11-12-38-2)16-23(25)19-13-20(29)15-21(30)14-19/h3-5,7-8,13-15,23-25,31H,6,9-12,16-17H2,1-2H3,(H2,32,33,37)/t23-,24-,25+/m0/s1. The molecule has 3 heterocycles. The Morgan fingerprint density at radius 1 is 1.16 bits per heavy atom. The van der Waals surface area contributed by atoms with Gasteiger partial charge in [-0.05, 0) is 56.1 Å². The van der Waals surface area contributed by atoms with E-state index in [2.05, 4.69) is 20.9 Å². The Balaban J connectivity index is 1.39. The van der Waals surface area contributed by atoms with E-state index in [0.29, 0.717) is 37.6 Å². The zero-order valence-electron chi connectivity index (χ0n) is 21.7. The third-order valence-electron chi connectivity index (χ3n) is 7.42. The van der Waals surface area contributed by atoms with Crippen molar-refractivity contribution in [1.82, 2.24) is 25.3 Å². The third kappa shape index (κ3) is 5.72. The number of urea groups is 1. The minimum Gasteiger partial charge on any atom is -0.383 e. The van der Waals surface area contributed by atoms with Crippen molar-refractivity contribution in [2.45, 2.75) is 37.8 Å². The molecule has 2 aliphatic heterocycles. The Labute approximate surface area is 221 Å². The summed E-state index contributed by atoms with van der Waals surface area (Å²) in [5, 5.41) is 14.5. The number of ether oxygens (including phenoxy) is 1. The zero-order chi connectivity index (χ0) is 26.6. The molecule has 0 unspecified atom stereocenters. The lowest BCUT2D eigenvalue weighted by molar-refractivity contribution is 0.159. The number of rotatable bonds is 8. The number of halogens is 2. The number of carbonyl (C=O) groups is 1. The number of benzene rings is 2. The van der Waals surface area contributed by atoms with Gasteiger partial charge in [0.05, 0.1) is 30.1 Å². The predicted molar refractivity (Wildman–Crippen MR) is 142 cm³/mol. The van der Waals surface area contributed by atoms with Gasteiger partial charge in [-0.3, -0.25) is 10.2 Å². The molecule has 3 atom stereocenters. The van der Waals surface area contributed by atoms with E-state index in [9.17, 15) is 13.6 Å². The first-order chi connectivity index (χ1) is 18.4. The molecule has 10 heteroatoms. The highest BCUT2D eigenvalue weighted by atomic mass is 19.1. The second kappa shape index (κ2) is 11.6. The van der Waals surface area contributed by atoms with Crippen molar-refractivity contribution in [3.63, 3.8) is 0 Å². The summed E-state index contributed by atoms with van der Waals surface area (Å²) in [6.07, 6.45) is 2.07. The first-order valence-corrected chi connectivity index (χ1v) is 13.1. The molecule has 3 aromatic rings. The fourth-order valence-electron chi connectivity index (χ4n) is 5.54. The number of para-hydroxylation sites is 1. The third-order valence-corrected chi connectivity index (χ3v) is 7.42. The molecule has 2 aliphatic rings. The predicted octanol–water partition coefficient (Wildman–Crippen LogP) is 4.12. The second-order valence-electron chi connectivity index (χ2n) is 10.0. The van der Waals surface area contributed by atoms with Crippen LogP contribution in [-0.4, -0.2) is 66.6 Å². The molecule has 3 N–H and O–H groups in total. The van der Waals surface area contributed by atoms with Gasteiger partial charge in [-0.1, -0.05) is 18.2 Å². The van der Waals surface area contributed by atoms with Gasteiger partial charge in [-0.2, -0.15) is 5.10 Å². The highest BCUT2D eigenvalue weighted by Crippen LogP contribution is 2.32. The van der Waals surface area contributed by atoms with Gasteiger partial charge in [0.25, 0.3) is 0 Å². The molecule has 2 fully saturated rings. The van der Waals surface area contributed by atoms with Gasteiger partial charge in [-0.25, -0.2) is 18.3 Å². The molecule has 0 bridgehead atoms. The molecular weight excluding hydrogens is 490 g/mol. The van der Waals surface area contributed by atoms with E-state index in [-0.39, 0.29) is 18.0 Å². The molecule has 8 nitrogen and oxygen atoms in total. The Morgan fingerprint density at radius 3 is 2.61 bits per heavy atom. The van der Waals surface area contributed by atoms with Crippen LogP contribution in [0.2, 0.25) is 0 Å². The zero-order valence-corrected chi connectivity index (χ0v) is 21.7. The molecule has 0 spiro atoms. The first kappa shape index (κ1) is 26.3. The SMILES string of the molecule is COCCN1C[C@@H](NC(=O)Nc2c(C)c([C@@H]3CCCN3)nn2-c2ccccc2)[C@H](c2cc(F)cc(F)c2)C1. The number of amides is 2. The lowest BCUT2D eigenvalue weighted by Crippen LogP contribution is -2.42. The number of hydrogen-bond acceptors (Lipinski definition) is 5. The average molecular weight is 525 g/mol. The molecule has 2 saturated heterocycles. The van der Waals surface area contributed by atoms with E-state index in [1.54, 1.807) is 11.8 Å². The fraction of sp³-hybridized carbons (Fsp3) is 0.429. The summed E-state index contributed by atoms with van der Waals surface area (Å²) in [5.41, 5.74) is 3.18. The van der Waals surface area contributed by atoms with Crippen LogP contribution in [0.4, 0.5) is 19.4 Å². The van der Waals surface area contributed by atoms with E-state index in [4.69, 9.17) is 9.84 Å². The number of methoxy groups -OCH3 is 1. The van der Waals surface area contributed by atoms with Crippen LogP contribution >= 0.6 is 0 Å². The number of hydrogen-bond donors (Lipinski definition) is 3. The number of carbonyl (C=O) groups excluding carboxylic acids is 1. The van der Waals surface area contributed by atoms with Crippen LogP contribution in [0.15, 0.2) is 48.5 Å². The van der Waals surface area contributed by atoms with Gasteiger partial charge in [0, 0.05) is 44.3 Å². The van der Waals surface area contributed by atoms with E-state index in [1.807, 2.05) is 37.3 Å². The van der Waals surface area contributed by atoms with Gasteiger partial charge < -0.3 is 15.4 Å². The van der Waals surface area contributed by atoms with Gasteiger partial charge in [0.2, 0.25) is 0 Å². The monoisotopic (exact) mass is 524 g/mol. The van der Waals surface area contributed by atoms with Crippen molar-refractivity contribution in [2.24, 2.45) is 0 Å². The molecule has 202 valence electrons. The Kier molecular flexibility index (Phi) is 8.01. The van der Waals surface area contributed by atoms with Crippen molar-refractivity contribution in [3.8, 4) is 5.69 Å². The summed E-state index contributed by atoms with van der Waals surface area (Å²) in [6, 6.07) is 12.6. The number of nitrogens with zero attached hydrogens (tertiary/aromatic N) is 3. The van der Waals surface area contributed by atoms with Gasteiger partial charge in [0.15, 0.2) is 0 Å². The summed E-state index contributed by atoms with van der Waals surface area (Å²) in [7, 11) is 1.63. The Morgan fingerprint density at radius 2 is 1.92 bits per heavy atom. The smallest absolute Gasteiger partial charge is 0.320 e. The maximum Gasteiger partial charge on any atom is 0.320 e. The van der Waals surface area contributed by atoms with Gasteiger partial charge in [-0.15, -0.1) is 0 Å². The van der Waals surface area contributed by atoms with Crippen molar-refractivity contribution in [3.05, 3.63) is 77.0 Å². The van der Waals surface area contributed by atoms with Crippen LogP contribution in [0.3, 0.4) is 0 Å². The van der Waals surface area contributed by atoms with Crippen LogP contribution in [0.5, 0.6) is 0 Å². The molecule has 2 aromatic carbocycles. The van der Waals surface area contributed by atoms with Gasteiger partial charge >= 0.3 is 6.03 Å². The van der Waals surface area contributed by atoms with Crippen LogP contribution in [0, 0.1) is 18.6 Å². The van der Waals surface area contributed by atoms with E-state index < -0.39 is 17.7 Å². The first-order valence-electron chi connectivity index (χ1n) is 13.1. The summed E-state index contributed by atoms with van der Waals surface area (Å²) in [6.45, 7) is 5.18. The minimum absolute atomic E-state index is 0.139. The van der Waals surface area contributed by atoms with Crippen molar-refractivity contribution >= 4 is 11.8 Å². The Bertz CT molecular complexity index is 1240. The lowest BCUT2D eigenvalue weighted by atomic mass is 9.94. The van der Waals surface area contributed by atoms with E-state index in [0.717, 1.165) is 42.4 Å². The average Bonchev–Trinajstić information content (AvgIpc) is 3.63. The number of aromatic nitrogens is 2. The summed E-state index contributed by atoms with van der Waals surface area (Å²) >= 11 is 0. The maximum absolute atomic E-state index is 14.1. The van der Waals surface area contributed by atoms with E-state index >= 15 is 0 Å². The van der Waals surface area contributed by atoms with Crippen molar-refractivity contribution in [2.75, 3.05) is 45.2 Å². The summed E-state index contributed by atoms with van der Waals surface area (Å²) in [5.74, 6) is -0.941. The van der Waals surface area contributed by atoms with Crippen molar-refractivity contribution in [1.29, 1.82) is 0 Å². The quantitative estimate of drug-likeness (QED) is 0.413. The normalized spacial score (nSPS) is 21.6. The largest absolute Gasteiger partial charge is 0.383 e. The molecule has 2 amide bonds. The number of nitrogens with one attached hydrogen (secondary N) is 3. The summed E-state index contributed by atoms with van der Waals surface area (Å²) in [4.78, 5) is 15.5. The second-order valence-corrected chi connectivity index (χ2v) is 10.0. The highest BCUT2D eigenvalue weighted by molar-refractivity contribution is 5.90. The summed E-state index contributed by atoms with van der Waals surface area (Å²) < 4.78 is 35.1. The van der Waals surface area contributed by atoms with Crippen molar-refractivity contribution < 1.29 is 18.3 Å². The van der Waals surface area contributed by atoms with Crippen LogP contribution in [0.25, 0.3) is 5.69 Å². The molecule has 38 heavy (non-hydrogen) atoms. The molecule has 0 saturated carbocycles. The lowest BCUT2D eigenvalue weighted by Gasteiger charge is -2.21. The Hall–Kier alpha value is -3.34. The number of likely N-dealkylation sites (tertiary alicyclic amines) is 1. The van der Waals surface area contributed by atoms with E-state index in [1.165, 1.54) is 12.1 Å². The maximum atomic E-state index is 14.1. The molecular formula is C28H34F2N6O2. The topological polar surface area (TPSA) is 83.4 Å².